The first-order valence-corrected chi connectivity index (χ1v) is 6.93. The molecule has 1 aromatic rings. The van der Waals surface area contributed by atoms with Gasteiger partial charge in [-0.1, -0.05) is 6.92 Å². The van der Waals surface area contributed by atoms with Gasteiger partial charge in [0.15, 0.2) is 0 Å². The van der Waals surface area contributed by atoms with Crippen molar-refractivity contribution in [3.63, 3.8) is 0 Å². The van der Waals surface area contributed by atoms with Crippen LogP contribution in [0.2, 0.25) is 0 Å². The molecular weight excluding hydrogens is 266 g/mol. The predicted octanol–water partition coefficient (Wildman–Crippen LogP) is 1.93. The summed E-state index contributed by atoms with van der Waals surface area (Å²) < 4.78 is 0. The molecule has 0 aliphatic rings. The van der Waals surface area contributed by atoms with E-state index in [-0.39, 0.29) is 18.5 Å². The molecule has 0 aromatic carbocycles. The highest BCUT2D eigenvalue weighted by atomic mass is 32.1. The molecule has 1 aromatic heterocycles. The number of carboxylic acid groups (broad SMARTS) is 1. The van der Waals surface area contributed by atoms with Crippen molar-refractivity contribution in [1.82, 2.24) is 15.6 Å². The van der Waals surface area contributed by atoms with E-state index >= 15 is 0 Å². The quantitative estimate of drug-likeness (QED) is 0.744. The number of carboxylic acids is 1. The van der Waals surface area contributed by atoms with Gasteiger partial charge in [0.25, 0.3) is 0 Å². The molecule has 0 bridgehead atoms. The number of aromatic nitrogens is 1. The number of hydrogen-bond donors (Lipinski definition) is 3. The van der Waals surface area contributed by atoms with Crippen LogP contribution in [0.15, 0.2) is 11.6 Å². The van der Waals surface area contributed by atoms with Gasteiger partial charge in [0.05, 0.1) is 12.0 Å². The number of nitrogens with one attached hydrogen (secondary N) is 2. The Hall–Kier alpha value is -1.63. The Kier molecular flexibility index (Phi) is 5.29. The zero-order chi connectivity index (χ0) is 14.5. The minimum absolute atomic E-state index is 0.0817. The highest BCUT2D eigenvalue weighted by molar-refractivity contribution is 7.09. The fraction of sp³-hybridized carbons (Fsp3) is 0.583. The maximum absolute atomic E-state index is 11.9. The van der Waals surface area contributed by atoms with Gasteiger partial charge < -0.3 is 15.7 Å². The lowest BCUT2D eigenvalue weighted by Gasteiger charge is -2.25. The van der Waals surface area contributed by atoms with Crippen molar-refractivity contribution in [2.24, 2.45) is 0 Å². The molecule has 0 radical (unpaired) electrons. The first-order valence-electron chi connectivity index (χ1n) is 6.05. The second-order valence-corrected chi connectivity index (χ2v) is 5.66. The van der Waals surface area contributed by atoms with Crippen LogP contribution < -0.4 is 10.6 Å². The normalized spacial score (nSPS) is 12.8. The van der Waals surface area contributed by atoms with E-state index in [4.69, 9.17) is 5.11 Å². The second-order valence-electron chi connectivity index (χ2n) is 4.76. The van der Waals surface area contributed by atoms with Crippen LogP contribution in [0.1, 0.15) is 38.6 Å². The lowest BCUT2D eigenvalue weighted by molar-refractivity contribution is -0.137. The number of aliphatic carboxylic acids is 1. The second kappa shape index (κ2) is 6.51. The van der Waals surface area contributed by atoms with E-state index in [1.54, 1.807) is 6.20 Å². The molecule has 0 spiro atoms. The number of carbonyl (C=O) groups is 2. The molecule has 0 aliphatic carbocycles. The summed E-state index contributed by atoms with van der Waals surface area (Å²) in [7, 11) is 0. The lowest BCUT2D eigenvalue weighted by atomic mass is 10.1. The molecule has 106 valence electrons. The zero-order valence-electron chi connectivity index (χ0n) is 11.3. The summed E-state index contributed by atoms with van der Waals surface area (Å²) in [5.41, 5.74) is -0.584. The average Bonchev–Trinajstić information content (AvgIpc) is 2.80. The first-order chi connectivity index (χ1) is 8.85. The number of rotatable bonds is 6. The Labute approximate surface area is 116 Å². The molecule has 6 nitrogen and oxygen atoms in total. The molecule has 0 aliphatic heterocycles. The molecule has 19 heavy (non-hydrogen) atoms. The van der Waals surface area contributed by atoms with Crippen LogP contribution in [-0.4, -0.2) is 28.1 Å². The van der Waals surface area contributed by atoms with Gasteiger partial charge in [-0.2, -0.15) is 0 Å². The van der Waals surface area contributed by atoms with Crippen LogP contribution in [0.5, 0.6) is 0 Å². The molecule has 0 saturated heterocycles. The highest BCUT2D eigenvalue weighted by Crippen LogP contribution is 2.21. The Balaban J connectivity index is 2.57. The van der Waals surface area contributed by atoms with Crippen molar-refractivity contribution in [2.45, 2.75) is 45.2 Å². The van der Waals surface area contributed by atoms with Crippen molar-refractivity contribution in [3.8, 4) is 0 Å². The third-order valence-electron chi connectivity index (χ3n) is 2.64. The van der Waals surface area contributed by atoms with Crippen molar-refractivity contribution in [1.29, 1.82) is 0 Å². The maximum atomic E-state index is 11.9. The van der Waals surface area contributed by atoms with Crippen molar-refractivity contribution < 1.29 is 14.7 Å². The van der Waals surface area contributed by atoms with Crippen LogP contribution in [0.3, 0.4) is 0 Å². The van der Waals surface area contributed by atoms with Crippen molar-refractivity contribution >= 4 is 23.3 Å². The van der Waals surface area contributed by atoms with Gasteiger partial charge in [-0.15, -0.1) is 11.3 Å². The van der Waals surface area contributed by atoms with Gasteiger partial charge >= 0.3 is 12.0 Å². The van der Waals surface area contributed by atoms with Gasteiger partial charge in [0.2, 0.25) is 0 Å². The minimum Gasteiger partial charge on any atom is -0.481 e. The number of thiazole rings is 1. The van der Waals surface area contributed by atoms with E-state index in [1.807, 2.05) is 26.2 Å². The molecule has 1 atom stereocenters. The number of carbonyl (C=O) groups excluding carboxylic acids is 1. The van der Waals surface area contributed by atoms with Gasteiger partial charge in [-0.25, -0.2) is 9.78 Å². The zero-order valence-corrected chi connectivity index (χ0v) is 12.1. The topological polar surface area (TPSA) is 91.3 Å². The maximum Gasteiger partial charge on any atom is 0.315 e. The molecule has 2 amide bonds. The summed E-state index contributed by atoms with van der Waals surface area (Å²) in [6.07, 6.45) is 2.17. The van der Waals surface area contributed by atoms with E-state index in [0.717, 1.165) is 5.01 Å². The molecule has 0 saturated carbocycles. The lowest BCUT2D eigenvalue weighted by Crippen LogP contribution is -2.49. The Morgan fingerprint density at radius 3 is 2.68 bits per heavy atom. The summed E-state index contributed by atoms with van der Waals surface area (Å²) >= 11 is 1.46. The summed E-state index contributed by atoms with van der Waals surface area (Å²) in [6.45, 7) is 5.53. The summed E-state index contributed by atoms with van der Waals surface area (Å²) in [5, 5.41) is 16.8. The molecular formula is C12H19N3O3S. The molecule has 0 fully saturated rings. The molecule has 1 unspecified atom stereocenters. The van der Waals surface area contributed by atoms with Crippen LogP contribution in [-0.2, 0) is 10.3 Å². The summed E-state index contributed by atoms with van der Waals surface area (Å²) in [5.74, 6) is -0.925. The number of amides is 2. The number of urea groups is 1. The van der Waals surface area contributed by atoms with Crippen molar-refractivity contribution in [2.75, 3.05) is 0 Å². The van der Waals surface area contributed by atoms with Gasteiger partial charge in [-0.05, 0) is 20.3 Å². The highest BCUT2D eigenvalue weighted by Gasteiger charge is 2.26. The van der Waals surface area contributed by atoms with Crippen LogP contribution in [0.4, 0.5) is 4.79 Å². The fourth-order valence-electron chi connectivity index (χ4n) is 1.60. The van der Waals surface area contributed by atoms with E-state index in [1.165, 1.54) is 11.3 Å². The van der Waals surface area contributed by atoms with E-state index in [2.05, 4.69) is 15.6 Å². The standard InChI is InChI=1S/C12H19N3O3S/c1-4-8(7-9(16)17)14-11(18)15-12(2,3)10-13-5-6-19-10/h5-6,8H,4,7H2,1-3H3,(H,16,17)(H2,14,15,18). The van der Waals surface area contributed by atoms with Crippen LogP contribution >= 0.6 is 11.3 Å². The van der Waals surface area contributed by atoms with Gasteiger partial charge in [0.1, 0.15) is 5.01 Å². The molecule has 7 heteroatoms. The molecule has 3 N–H and O–H groups in total. The summed E-state index contributed by atoms with van der Waals surface area (Å²) in [6, 6.07) is -0.752. The van der Waals surface area contributed by atoms with Crippen LogP contribution in [0.25, 0.3) is 0 Å². The average molecular weight is 285 g/mol. The third-order valence-corrected chi connectivity index (χ3v) is 3.74. The van der Waals surface area contributed by atoms with Crippen LogP contribution in [0, 0.1) is 0 Å². The Morgan fingerprint density at radius 2 is 2.21 bits per heavy atom. The molecule has 1 heterocycles. The van der Waals surface area contributed by atoms with Gasteiger partial charge in [-0.3, -0.25) is 4.79 Å². The monoisotopic (exact) mass is 285 g/mol. The third kappa shape index (κ3) is 4.86. The smallest absolute Gasteiger partial charge is 0.315 e. The Bertz CT molecular complexity index is 431. The van der Waals surface area contributed by atoms with E-state index in [9.17, 15) is 9.59 Å². The Morgan fingerprint density at radius 1 is 1.53 bits per heavy atom. The van der Waals surface area contributed by atoms with Gasteiger partial charge in [0, 0.05) is 17.6 Å². The first kappa shape index (κ1) is 15.4. The molecule has 1 rings (SSSR count). The SMILES string of the molecule is CCC(CC(=O)O)NC(=O)NC(C)(C)c1nccs1. The van der Waals surface area contributed by atoms with Crippen molar-refractivity contribution in [3.05, 3.63) is 16.6 Å². The number of hydrogen-bond acceptors (Lipinski definition) is 4. The van der Waals surface area contributed by atoms with E-state index in [0.29, 0.717) is 6.42 Å². The minimum atomic E-state index is -0.925. The number of nitrogens with zero attached hydrogens (tertiary/aromatic N) is 1. The largest absolute Gasteiger partial charge is 0.481 e. The fourth-order valence-corrected chi connectivity index (χ4v) is 2.32. The summed E-state index contributed by atoms with van der Waals surface area (Å²) in [4.78, 5) is 26.7. The van der Waals surface area contributed by atoms with E-state index < -0.39 is 11.5 Å². The predicted molar refractivity (Wildman–Crippen MR) is 73.1 cm³/mol.